The minimum absolute atomic E-state index is 1.02. The van der Waals surface area contributed by atoms with Crippen molar-refractivity contribution in [3.8, 4) is 0 Å². The van der Waals surface area contributed by atoms with Crippen LogP contribution in [0.3, 0.4) is 0 Å². The predicted octanol–water partition coefficient (Wildman–Crippen LogP) is 8.07. The van der Waals surface area contributed by atoms with Gasteiger partial charge in [-0.25, -0.2) is 4.99 Å². The lowest BCUT2D eigenvalue weighted by Crippen LogP contribution is -2.51. The Bertz CT molecular complexity index is 426. The van der Waals surface area contributed by atoms with Gasteiger partial charge in [-0.1, -0.05) is 103 Å². The molecule has 0 bridgehead atoms. The summed E-state index contributed by atoms with van der Waals surface area (Å²) >= 11 is 0. The van der Waals surface area contributed by atoms with E-state index in [4.69, 9.17) is 4.99 Å². The van der Waals surface area contributed by atoms with E-state index in [1.165, 1.54) is 127 Å². The van der Waals surface area contributed by atoms with Crippen molar-refractivity contribution >= 4 is 5.84 Å². The number of hydrogen-bond donors (Lipinski definition) is 0. The van der Waals surface area contributed by atoms with Gasteiger partial charge in [-0.3, -0.25) is 4.48 Å². The maximum atomic E-state index is 4.86. The van der Waals surface area contributed by atoms with E-state index in [9.17, 15) is 0 Å². The average molecular weight is 392 g/mol. The number of likely N-dealkylation sites (N-methyl/N-ethyl adjacent to an activating group) is 1. The van der Waals surface area contributed by atoms with Crippen LogP contribution in [-0.4, -0.2) is 36.5 Å². The van der Waals surface area contributed by atoms with Crippen LogP contribution >= 0.6 is 0 Å². The number of quaternary nitrogens is 1. The molecule has 2 nitrogen and oxygen atoms in total. The zero-order valence-corrected chi connectivity index (χ0v) is 19.7. The summed E-state index contributed by atoms with van der Waals surface area (Å²) in [6.07, 6.45) is 22.7. The van der Waals surface area contributed by atoms with Crippen molar-refractivity contribution < 1.29 is 4.48 Å². The third kappa shape index (κ3) is 10.8. The SMILES string of the molecule is C=C(C)C[N+]1(CC)CCN=C1CCCCCCCCCCCCCCCCC. The summed E-state index contributed by atoms with van der Waals surface area (Å²) < 4.78 is 1.09. The molecular weight excluding hydrogens is 340 g/mol. The summed E-state index contributed by atoms with van der Waals surface area (Å²) in [5.74, 6) is 1.46. The molecule has 0 aromatic rings. The van der Waals surface area contributed by atoms with Gasteiger partial charge >= 0.3 is 0 Å². The smallest absolute Gasteiger partial charge is 0.198 e. The van der Waals surface area contributed by atoms with Gasteiger partial charge in [0.1, 0.15) is 13.1 Å². The van der Waals surface area contributed by atoms with Crippen LogP contribution in [0.5, 0.6) is 0 Å². The molecule has 0 aromatic carbocycles. The summed E-state index contributed by atoms with van der Waals surface area (Å²) in [7, 11) is 0. The molecule has 28 heavy (non-hydrogen) atoms. The van der Waals surface area contributed by atoms with Gasteiger partial charge in [-0.15, -0.1) is 0 Å². The van der Waals surface area contributed by atoms with Gasteiger partial charge in [0.15, 0.2) is 5.84 Å². The van der Waals surface area contributed by atoms with E-state index >= 15 is 0 Å². The normalized spacial score (nSPS) is 19.2. The topological polar surface area (TPSA) is 12.4 Å². The molecule has 1 atom stereocenters. The zero-order chi connectivity index (χ0) is 20.5. The number of unbranched alkanes of at least 4 members (excludes halogenated alkanes) is 14. The lowest BCUT2D eigenvalue weighted by molar-refractivity contribution is -0.829. The van der Waals surface area contributed by atoms with Crippen molar-refractivity contribution in [2.45, 2.75) is 124 Å². The Balaban J connectivity index is 1.93. The molecular formula is C26H51N2+. The lowest BCUT2D eigenvalue weighted by Gasteiger charge is -2.34. The number of aliphatic imine (C=N–C) groups is 1. The second-order valence-corrected chi connectivity index (χ2v) is 9.30. The van der Waals surface area contributed by atoms with Gasteiger partial charge in [0.05, 0.1) is 13.1 Å². The molecule has 1 unspecified atom stereocenters. The molecule has 1 aliphatic heterocycles. The number of hydrogen-bond acceptors (Lipinski definition) is 1. The van der Waals surface area contributed by atoms with Crippen LogP contribution in [0.1, 0.15) is 124 Å². The highest BCUT2D eigenvalue weighted by Gasteiger charge is 2.35. The van der Waals surface area contributed by atoms with E-state index in [1.54, 1.807) is 0 Å². The molecule has 0 fully saturated rings. The summed E-state index contributed by atoms with van der Waals surface area (Å²) in [6, 6.07) is 0. The maximum Gasteiger partial charge on any atom is 0.198 e. The zero-order valence-electron chi connectivity index (χ0n) is 19.7. The Labute approximate surface area is 177 Å². The highest BCUT2D eigenvalue weighted by molar-refractivity contribution is 5.77. The highest BCUT2D eigenvalue weighted by atomic mass is 15.4. The second kappa shape index (κ2) is 16.2. The third-order valence-electron chi connectivity index (χ3n) is 6.55. The molecule has 2 heteroatoms. The third-order valence-corrected chi connectivity index (χ3v) is 6.55. The van der Waals surface area contributed by atoms with Crippen molar-refractivity contribution in [3.63, 3.8) is 0 Å². The first kappa shape index (κ1) is 25.4. The van der Waals surface area contributed by atoms with Gasteiger partial charge < -0.3 is 0 Å². The molecule has 0 saturated carbocycles. The summed E-state index contributed by atoms with van der Waals surface area (Å²) in [4.78, 5) is 4.86. The van der Waals surface area contributed by atoms with Crippen LogP contribution in [0.25, 0.3) is 0 Å². The van der Waals surface area contributed by atoms with E-state index in [0.29, 0.717) is 0 Å². The quantitative estimate of drug-likeness (QED) is 0.120. The van der Waals surface area contributed by atoms with Gasteiger partial charge in [0.2, 0.25) is 0 Å². The maximum absolute atomic E-state index is 4.86. The molecule has 0 amide bonds. The van der Waals surface area contributed by atoms with Gasteiger partial charge in [-0.05, 0) is 25.8 Å². The molecule has 1 rings (SSSR count). The fourth-order valence-corrected chi connectivity index (χ4v) is 4.76. The van der Waals surface area contributed by atoms with Gasteiger partial charge in [0.25, 0.3) is 0 Å². The van der Waals surface area contributed by atoms with Crippen molar-refractivity contribution in [1.82, 2.24) is 0 Å². The Morgan fingerprint density at radius 2 is 1.25 bits per heavy atom. The molecule has 1 aliphatic rings. The molecule has 0 spiro atoms. The Morgan fingerprint density at radius 3 is 1.68 bits per heavy atom. The Morgan fingerprint density at radius 1 is 0.786 bits per heavy atom. The number of rotatable bonds is 19. The van der Waals surface area contributed by atoms with Crippen LogP contribution < -0.4 is 0 Å². The fourth-order valence-electron chi connectivity index (χ4n) is 4.76. The van der Waals surface area contributed by atoms with Gasteiger partial charge in [0, 0.05) is 6.42 Å². The molecule has 0 N–H and O–H groups in total. The largest absolute Gasteiger partial charge is 0.274 e. The standard InChI is InChI=1S/C26H51N2/c1-5-7-8-9-10-11-12-13-14-15-16-17-18-19-20-21-26-27-22-23-28(26,6-2)24-25(3)4/h3,5-24H2,1-2,4H3/q+1. The summed E-state index contributed by atoms with van der Waals surface area (Å²) in [5, 5.41) is 0. The Kier molecular flexibility index (Phi) is 14.7. The van der Waals surface area contributed by atoms with Gasteiger partial charge in [-0.2, -0.15) is 0 Å². The van der Waals surface area contributed by atoms with Crippen LogP contribution in [-0.2, 0) is 0 Å². The van der Waals surface area contributed by atoms with Crippen molar-refractivity contribution in [3.05, 3.63) is 12.2 Å². The fraction of sp³-hybridized carbons (Fsp3) is 0.885. The minimum Gasteiger partial charge on any atom is -0.274 e. The molecule has 0 aromatic heterocycles. The summed E-state index contributed by atoms with van der Waals surface area (Å²) in [6.45, 7) is 15.4. The summed E-state index contributed by atoms with van der Waals surface area (Å²) in [5.41, 5.74) is 1.30. The van der Waals surface area contributed by atoms with E-state index in [1.807, 2.05) is 0 Å². The molecule has 0 radical (unpaired) electrons. The molecule has 164 valence electrons. The first-order valence-corrected chi connectivity index (χ1v) is 12.7. The van der Waals surface area contributed by atoms with Crippen molar-refractivity contribution in [1.29, 1.82) is 0 Å². The van der Waals surface area contributed by atoms with Crippen LogP contribution in [0.2, 0.25) is 0 Å². The minimum atomic E-state index is 1.02. The predicted molar refractivity (Wildman–Crippen MR) is 127 cm³/mol. The van der Waals surface area contributed by atoms with Crippen molar-refractivity contribution in [2.24, 2.45) is 4.99 Å². The molecule has 1 heterocycles. The van der Waals surface area contributed by atoms with E-state index in [-0.39, 0.29) is 0 Å². The van der Waals surface area contributed by atoms with Crippen LogP contribution in [0, 0.1) is 0 Å². The highest BCUT2D eigenvalue weighted by Crippen LogP contribution is 2.22. The molecule has 0 aliphatic carbocycles. The van der Waals surface area contributed by atoms with Crippen molar-refractivity contribution in [2.75, 3.05) is 26.2 Å². The second-order valence-electron chi connectivity index (χ2n) is 9.30. The monoisotopic (exact) mass is 391 g/mol. The van der Waals surface area contributed by atoms with E-state index in [2.05, 4.69) is 27.4 Å². The Hall–Kier alpha value is -0.630. The van der Waals surface area contributed by atoms with E-state index in [0.717, 1.165) is 17.6 Å². The first-order chi connectivity index (χ1) is 13.6. The van der Waals surface area contributed by atoms with Crippen LogP contribution in [0.4, 0.5) is 0 Å². The number of nitrogens with zero attached hydrogens (tertiary/aromatic N) is 2. The molecule has 0 saturated heterocycles. The first-order valence-electron chi connectivity index (χ1n) is 12.7. The van der Waals surface area contributed by atoms with E-state index < -0.39 is 0 Å². The van der Waals surface area contributed by atoms with Crippen LogP contribution in [0.15, 0.2) is 17.1 Å². The average Bonchev–Trinajstić information content (AvgIpc) is 3.07. The lowest BCUT2D eigenvalue weighted by atomic mass is 10.0. The number of amidine groups is 1.